The van der Waals surface area contributed by atoms with E-state index >= 15 is 0 Å². The third-order valence-electron chi connectivity index (χ3n) is 2.81. The number of benzene rings is 1. The monoisotopic (exact) mass is 299 g/mol. The van der Waals surface area contributed by atoms with Crippen molar-refractivity contribution in [1.82, 2.24) is 15.2 Å². The summed E-state index contributed by atoms with van der Waals surface area (Å²) in [7, 11) is 1.63. The van der Waals surface area contributed by atoms with Crippen LogP contribution in [-0.4, -0.2) is 22.3 Å². The van der Waals surface area contributed by atoms with Crippen molar-refractivity contribution >= 4 is 11.8 Å². The van der Waals surface area contributed by atoms with Gasteiger partial charge in [0.2, 0.25) is 5.89 Å². The zero-order valence-corrected chi connectivity index (χ0v) is 12.2. The highest BCUT2D eigenvalue weighted by Crippen LogP contribution is 2.26. The summed E-state index contributed by atoms with van der Waals surface area (Å²) in [6.45, 7) is 0. The summed E-state index contributed by atoms with van der Waals surface area (Å²) in [4.78, 5) is 4.25. The van der Waals surface area contributed by atoms with E-state index in [1.165, 1.54) is 11.8 Å². The Bertz CT molecular complexity index is 698. The molecule has 0 saturated carbocycles. The molecule has 0 aliphatic rings. The van der Waals surface area contributed by atoms with Crippen LogP contribution in [0.1, 0.15) is 5.69 Å². The first-order valence-corrected chi connectivity index (χ1v) is 7.34. The zero-order valence-electron chi connectivity index (χ0n) is 11.4. The summed E-state index contributed by atoms with van der Waals surface area (Å²) in [6.07, 6.45) is 1.77. The molecule has 6 heteroatoms. The van der Waals surface area contributed by atoms with Gasteiger partial charge in [-0.2, -0.15) is 0 Å². The Morgan fingerprint density at radius 2 is 1.95 bits per heavy atom. The van der Waals surface area contributed by atoms with E-state index in [-0.39, 0.29) is 0 Å². The Morgan fingerprint density at radius 1 is 1.10 bits per heavy atom. The molecule has 0 aliphatic heterocycles. The van der Waals surface area contributed by atoms with Crippen LogP contribution in [0.25, 0.3) is 11.5 Å². The van der Waals surface area contributed by atoms with Crippen molar-refractivity contribution in [3.8, 4) is 17.2 Å². The molecule has 0 amide bonds. The fraction of sp³-hybridized carbons (Fsp3) is 0.133. The molecule has 5 nitrogen and oxygen atoms in total. The predicted octanol–water partition coefficient (Wildman–Crippen LogP) is 3.43. The van der Waals surface area contributed by atoms with Gasteiger partial charge >= 0.3 is 0 Å². The lowest BCUT2D eigenvalue weighted by molar-refractivity contribution is 0.414. The normalized spacial score (nSPS) is 10.5. The van der Waals surface area contributed by atoms with Gasteiger partial charge in [-0.15, -0.1) is 10.2 Å². The lowest BCUT2D eigenvalue weighted by Gasteiger charge is -1.99. The summed E-state index contributed by atoms with van der Waals surface area (Å²) in [5.41, 5.74) is 1.85. The quantitative estimate of drug-likeness (QED) is 0.673. The highest BCUT2D eigenvalue weighted by atomic mass is 32.2. The Morgan fingerprint density at radius 3 is 2.67 bits per heavy atom. The minimum absolute atomic E-state index is 0.501. The van der Waals surface area contributed by atoms with Crippen molar-refractivity contribution in [2.45, 2.75) is 11.0 Å². The van der Waals surface area contributed by atoms with Gasteiger partial charge in [-0.1, -0.05) is 17.8 Å². The van der Waals surface area contributed by atoms with Crippen LogP contribution in [0.15, 0.2) is 58.3 Å². The topological polar surface area (TPSA) is 61.0 Å². The second-order valence-corrected chi connectivity index (χ2v) is 5.14. The Hall–Kier alpha value is -2.34. The van der Waals surface area contributed by atoms with Gasteiger partial charge in [0.25, 0.3) is 5.22 Å². The molecule has 2 aromatic heterocycles. The van der Waals surface area contributed by atoms with Crippen molar-refractivity contribution in [2.24, 2.45) is 0 Å². The van der Waals surface area contributed by atoms with Gasteiger partial charge in [0.15, 0.2) is 0 Å². The highest BCUT2D eigenvalue weighted by Gasteiger charge is 2.09. The SMILES string of the molecule is COc1ccc(-c2nnc(SCc3ccccn3)o2)cc1. The molecule has 0 N–H and O–H groups in total. The molecule has 21 heavy (non-hydrogen) atoms. The van der Waals surface area contributed by atoms with Crippen LogP contribution in [0, 0.1) is 0 Å². The number of methoxy groups -OCH3 is 1. The maximum absolute atomic E-state index is 5.64. The first-order chi connectivity index (χ1) is 10.3. The minimum atomic E-state index is 0.501. The molecule has 0 aliphatic carbocycles. The molecule has 0 radical (unpaired) electrons. The van der Waals surface area contributed by atoms with Crippen LogP contribution >= 0.6 is 11.8 Å². The Kier molecular flexibility index (Phi) is 4.16. The molecule has 0 saturated heterocycles. The largest absolute Gasteiger partial charge is 0.497 e. The van der Waals surface area contributed by atoms with Crippen molar-refractivity contribution in [2.75, 3.05) is 7.11 Å². The first-order valence-electron chi connectivity index (χ1n) is 6.36. The van der Waals surface area contributed by atoms with Gasteiger partial charge in [0.05, 0.1) is 12.8 Å². The van der Waals surface area contributed by atoms with Gasteiger partial charge < -0.3 is 9.15 Å². The molecule has 1 aromatic carbocycles. The second-order valence-electron chi connectivity index (χ2n) is 4.21. The molecule has 0 fully saturated rings. The van der Waals surface area contributed by atoms with Gasteiger partial charge in [0.1, 0.15) is 5.75 Å². The molecule has 106 valence electrons. The third kappa shape index (κ3) is 3.41. The number of ether oxygens (including phenoxy) is 1. The number of nitrogens with zero attached hydrogens (tertiary/aromatic N) is 3. The average Bonchev–Trinajstić information content (AvgIpc) is 3.03. The standard InChI is InChI=1S/C15H13N3O2S/c1-19-13-7-5-11(6-8-13)14-17-18-15(20-14)21-10-12-4-2-3-9-16-12/h2-9H,10H2,1H3. The number of aromatic nitrogens is 3. The van der Waals surface area contributed by atoms with Crippen LogP contribution in [0.3, 0.4) is 0 Å². The summed E-state index contributed by atoms with van der Waals surface area (Å²) < 4.78 is 10.8. The van der Waals surface area contributed by atoms with E-state index in [9.17, 15) is 0 Å². The Balaban J connectivity index is 1.68. The lowest BCUT2D eigenvalue weighted by atomic mass is 10.2. The maximum atomic E-state index is 5.64. The molecule has 0 bridgehead atoms. The fourth-order valence-corrected chi connectivity index (χ4v) is 2.42. The fourth-order valence-electron chi connectivity index (χ4n) is 1.74. The average molecular weight is 299 g/mol. The smallest absolute Gasteiger partial charge is 0.277 e. The molecular formula is C15H13N3O2S. The second kappa shape index (κ2) is 6.41. The third-order valence-corrected chi connectivity index (χ3v) is 3.67. The molecule has 0 atom stereocenters. The first kappa shape index (κ1) is 13.6. The molecule has 0 spiro atoms. The van der Waals surface area contributed by atoms with Crippen molar-refractivity contribution in [3.05, 3.63) is 54.4 Å². The molecule has 2 heterocycles. The number of thioether (sulfide) groups is 1. The zero-order chi connectivity index (χ0) is 14.5. The summed E-state index contributed by atoms with van der Waals surface area (Å²) in [6, 6.07) is 13.3. The lowest BCUT2D eigenvalue weighted by Crippen LogP contribution is -1.84. The van der Waals surface area contributed by atoms with Gasteiger partial charge in [-0.3, -0.25) is 4.98 Å². The highest BCUT2D eigenvalue weighted by molar-refractivity contribution is 7.98. The summed E-state index contributed by atoms with van der Waals surface area (Å²) in [5.74, 6) is 2.00. The van der Waals surface area contributed by atoms with Crippen LogP contribution < -0.4 is 4.74 Å². The molecule has 3 aromatic rings. The van der Waals surface area contributed by atoms with Crippen molar-refractivity contribution in [1.29, 1.82) is 0 Å². The number of pyridine rings is 1. The van der Waals surface area contributed by atoms with E-state index in [0.717, 1.165) is 17.0 Å². The van der Waals surface area contributed by atoms with Crippen molar-refractivity contribution < 1.29 is 9.15 Å². The van der Waals surface area contributed by atoms with Gasteiger partial charge in [-0.05, 0) is 36.4 Å². The predicted molar refractivity (Wildman–Crippen MR) is 80.1 cm³/mol. The number of rotatable bonds is 5. The van der Waals surface area contributed by atoms with Crippen molar-refractivity contribution in [3.63, 3.8) is 0 Å². The maximum Gasteiger partial charge on any atom is 0.277 e. The van der Waals surface area contributed by atoms with E-state index < -0.39 is 0 Å². The Labute approximate surface area is 126 Å². The van der Waals surface area contributed by atoms with E-state index in [1.807, 2.05) is 42.5 Å². The van der Waals surface area contributed by atoms with Crippen LogP contribution in [-0.2, 0) is 5.75 Å². The van der Waals surface area contributed by atoms with Crippen LogP contribution in [0.4, 0.5) is 0 Å². The van der Waals surface area contributed by atoms with E-state index in [1.54, 1.807) is 13.3 Å². The van der Waals surface area contributed by atoms with Gasteiger partial charge in [0, 0.05) is 17.5 Å². The molecular weight excluding hydrogens is 286 g/mol. The summed E-state index contributed by atoms with van der Waals surface area (Å²) >= 11 is 1.47. The minimum Gasteiger partial charge on any atom is -0.497 e. The van der Waals surface area contributed by atoms with E-state index in [4.69, 9.17) is 9.15 Å². The summed E-state index contributed by atoms with van der Waals surface area (Å²) in [5, 5.41) is 8.63. The molecule has 0 unspecified atom stereocenters. The van der Waals surface area contributed by atoms with Crippen LogP contribution in [0.5, 0.6) is 5.75 Å². The van der Waals surface area contributed by atoms with E-state index in [0.29, 0.717) is 16.9 Å². The van der Waals surface area contributed by atoms with Crippen LogP contribution in [0.2, 0.25) is 0 Å². The van der Waals surface area contributed by atoms with Gasteiger partial charge in [-0.25, -0.2) is 0 Å². The van der Waals surface area contributed by atoms with E-state index in [2.05, 4.69) is 15.2 Å². The molecule has 3 rings (SSSR count). The number of hydrogen-bond acceptors (Lipinski definition) is 6. The number of hydrogen-bond donors (Lipinski definition) is 0.